The summed E-state index contributed by atoms with van der Waals surface area (Å²) in [6, 6.07) is 5.50. The number of benzene rings is 1. The molecular formula is C15H23FN2O. The Labute approximate surface area is 114 Å². The average Bonchev–Trinajstić information content (AvgIpc) is 2.38. The van der Waals surface area contributed by atoms with Crippen molar-refractivity contribution in [2.24, 2.45) is 5.73 Å². The maximum absolute atomic E-state index is 14.2. The highest BCUT2D eigenvalue weighted by molar-refractivity contribution is 5.49. The maximum Gasteiger partial charge on any atom is 0.146 e. The Morgan fingerprint density at radius 1 is 1.53 bits per heavy atom. The summed E-state index contributed by atoms with van der Waals surface area (Å²) in [6.45, 7) is 6.20. The quantitative estimate of drug-likeness (QED) is 0.909. The van der Waals surface area contributed by atoms with Crippen molar-refractivity contribution < 1.29 is 9.13 Å². The Balaban J connectivity index is 2.11. The molecule has 1 aliphatic rings. The summed E-state index contributed by atoms with van der Waals surface area (Å²) >= 11 is 0. The molecule has 2 unspecified atom stereocenters. The zero-order valence-electron chi connectivity index (χ0n) is 11.7. The van der Waals surface area contributed by atoms with Crippen molar-refractivity contribution in [2.45, 2.75) is 38.8 Å². The van der Waals surface area contributed by atoms with Gasteiger partial charge in [-0.25, -0.2) is 4.39 Å². The van der Waals surface area contributed by atoms with Crippen LogP contribution in [0.5, 0.6) is 0 Å². The molecule has 0 saturated carbocycles. The molecule has 0 radical (unpaired) electrons. The molecule has 2 rings (SSSR count). The van der Waals surface area contributed by atoms with Gasteiger partial charge in [-0.15, -0.1) is 0 Å². The fraction of sp³-hybridized carbons (Fsp3) is 0.600. The zero-order valence-corrected chi connectivity index (χ0v) is 11.7. The summed E-state index contributed by atoms with van der Waals surface area (Å²) in [5, 5.41) is 0. The summed E-state index contributed by atoms with van der Waals surface area (Å²) in [7, 11) is 0. The van der Waals surface area contributed by atoms with E-state index in [1.165, 1.54) is 0 Å². The molecule has 19 heavy (non-hydrogen) atoms. The van der Waals surface area contributed by atoms with E-state index in [9.17, 15) is 4.39 Å². The van der Waals surface area contributed by atoms with Gasteiger partial charge in [-0.1, -0.05) is 13.0 Å². The van der Waals surface area contributed by atoms with Gasteiger partial charge in [0.1, 0.15) is 5.82 Å². The zero-order chi connectivity index (χ0) is 13.8. The molecule has 3 nitrogen and oxygen atoms in total. The standard InChI is InChI=1S/C15H23FN2O/c1-3-13-10-18(6-7-19-13)15-5-4-12(8-11(2)17)9-14(15)16/h4-5,9,11,13H,3,6-8,10,17H2,1-2H3. The summed E-state index contributed by atoms with van der Waals surface area (Å²) < 4.78 is 19.8. The molecule has 2 N–H and O–H groups in total. The highest BCUT2D eigenvalue weighted by atomic mass is 19.1. The number of nitrogens with two attached hydrogens (primary N) is 1. The minimum atomic E-state index is -0.157. The van der Waals surface area contributed by atoms with Crippen molar-refractivity contribution in [3.63, 3.8) is 0 Å². The topological polar surface area (TPSA) is 38.5 Å². The van der Waals surface area contributed by atoms with Crippen molar-refractivity contribution in [2.75, 3.05) is 24.6 Å². The minimum Gasteiger partial charge on any atom is -0.375 e. The summed E-state index contributed by atoms with van der Waals surface area (Å²) in [5.74, 6) is -0.157. The van der Waals surface area contributed by atoms with Gasteiger partial charge in [-0.05, 0) is 37.5 Å². The predicted molar refractivity (Wildman–Crippen MR) is 76.0 cm³/mol. The summed E-state index contributed by atoms with van der Waals surface area (Å²) in [4.78, 5) is 2.07. The predicted octanol–water partition coefficient (Wildman–Crippen LogP) is 2.33. The lowest BCUT2D eigenvalue weighted by atomic mass is 10.1. The molecule has 1 fully saturated rings. The van der Waals surface area contributed by atoms with Gasteiger partial charge in [0.25, 0.3) is 0 Å². The summed E-state index contributed by atoms with van der Waals surface area (Å²) in [6.07, 6.45) is 1.87. The van der Waals surface area contributed by atoms with Crippen LogP contribution in [0.2, 0.25) is 0 Å². The van der Waals surface area contributed by atoms with Gasteiger partial charge in [-0.3, -0.25) is 0 Å². The van der Waals surface area contributed by atoms with Gasteiger partial charge in [0.05, 0.1) is 18.4 Å². The van der Waals surface area contributed by atoms with Crippen molar-refractivity contribution in [3.8, 4) is 0 Å². The third-order valence-corrected chi connectivity index (χ3v) is 3.50. The molecule has 0 aliphatic carbocycles. The van der Waals surface area contributed by atoms with Crippen LogP contribution < -0.4 is 10.6 Å². The SMILES string of the molecule is CCC1CN(c2ccc(CC(C)N)cc2F)CCO1. The van der Waals surface area contributed by atoms with Crippen LogP contribution in [0.25, 0.3) is 0 Å². The molecule has 0 aromatic heterocycles. The van der Waals surface area contributed by atoms with Crippen LogP contribution in [0.3, 0.4) is 0 Å². The van der Waals surface area contributed by atoms with E-state index >= 15 is 0 Å². The molecule has 1 aromatic carbocycles. The monoisotopic (exact) mass is 266 g/mol. The first-order chi connectivity index (χ1) is 9.10. The molecule has 4 heteroatoms. The molecule has 0 bridgehead atoms. The summed E-state index contributed by atoms with van der Waals surface area (Å²) in [5.41, 5.74) is 7.37. The van der Waals surface area contributed by atoms with E-state index in [2.05, 4.69) is 11.8 Å². The van der Waals surface area contributed by atoms with Crippen molar-refractivity contribution in [1.82, 2.24) is 0 Å². The highest BCUT2D eigenvalue weighted by Gasteiger charge is 2.21. The van der Waals surface area contributed by atoms with Gasteiger partial charge < -0.3 is 15.4 Å². The van der Waals surface area contributed by atoms with Crippen molar-refractivity contribution in [3.05, 3.63) is 29.6 Å². The normalized spacial score (nSPS) is 21.5. The molecule has 1 aromatic rings. The third kappa shape index (κ3) is 3.67. The Hall–Kier alpha value is -1.13. The smallest absolute Gasteiger partial charge is 0.146 e. The van der Waals surface area contributed by atoms with Crippen LogP contribution in [0, 0.1) is 5.82 Å². The van der Waals surface area contributed by atoms with E-state index in [1.807, 2.05) is 19.1 Å². The van der Waals surface area contributed by atoms with E-state index < -0.39 is 0 Å². The number of nitrogens with zero attached hydrogens (tertiary/aromatic N) is 1. The third-order valence-electron chi connectivity index (χ3n) is 3.50. The first-order valence-electron chi connectivity index (χ1n) is 7.00. The Morgan fingerprint density at radius 3 is 2.95 bits per heavy atom. The first kappa shape index (κ1) is 14.3. The van der Waals surface area contributed by atoms with Crippen molar-refractivity contribution >= 4 is 5.69 Å². The van der Waals surface area contributed by atoms with Crippen LogP contribution >= 0.6 is 0 Å². The second kappa shape index (κ2) is 6.35. The fourth-order valence-corrected chi connectivity index (χ4v) is 2.49. The Bertz CT molecular complexity index is 423. The van der Waals surface area contributed by atoms with Gasteiger partial charge in [0, 0.05) is 19.1 Å². The number of hydrogen-bond donors (Lipinski definition) is 1. The molecular weight excluding hydrogens is 243 g/mol. The van der Waals surface area contributed by atoms with Gasteiger partial charge in [0.2, 0.25) is 0 Å². The van der Waals surface area contributed by atoms with Crippen LogP contribution in [0.15, 0.2) is 18.2 Å². The van der Waals surface area contributed by atoms with E-state index in [-0.39, 0.29) is 18.0 Å². The second-order valence-electron chi connectivity index (χ2n) is 5.31. The van der Waals surface area contributed by atoms with Gasteiger partial charge in [-0.2, -0.15) is 0 Å². The first-order valence-corrected chi connectivity index (χ1v) is 7.00. The number of ether oxygens (including phenoxy) is 1. The van der Waals surface area contributed by atoms with E-state index in [1.54, 1.807) is 6.07 Å². The van der Waals surface area contributed by atoms with Gasteiger partial charge >= 0.3 is 0 Å². The molecule has 1 heterocycles. The maximum atomic E-state index is 14.2. The number of anilines is 1. The van der Waals surface area contributed by atoms with E-state index in [0.717, 1.165) is 25.1 Å². The second-order valence-corrected chi connectivity index (χ2v) is 5.31. The molecule has 2 atom stereocenters. The van der Waals surface area contributed by atoms with Crippen molar-refractivity contribution in [1.29, 1.82) is 0 Å². The van der Waals surface area contributed by atoms with Gasteiger partial charge in [0.15, 0.2) is 0 Å². The number of hydrogen-bond acceptors (Lipinski definition) is 3. The fourth-order valence-electron chi connectivity index (χ4n) is 2.49. The number of morpholine rings is 1. The Morgan fingerprint density at radius 2 is 2.32 bits per heavy atom. The van der Waals surface area contributed by atoms with E-state index in [4.69, 9.17) is 10.5 Å². The van der Waals surface area contributed by atoms with Crippen LogP contribution in [0.4, 0.5) is 10.1 Å². The molecule has 106 valence electrons. The Kier molecular flexibility index (Phi) is 4.77. The highest BCUT2D eigenvalue weighted by Crippen LogP contribution is 2.23. The van der Waals surface area contributed by atoms with Crippen LogP contribution in [0.1, 0.15) is 25.8 Å². The lowest BCUT2D eigenvalue weighted by Crippen LogP contribution is -2.42. The number of halogens is 1. The molecule has 0 spiro atoms. The largest absolute Gasteiger partial charge is 0.375 e. The van der Waals surface area contributed by atoms with Crippen LogP contribution in [-0.4, -0.2) is 31.8 Å². The van der Waals surface area contributed by atoms with E-state index in [0.29, 0.717) is 18.7 Å². The molecule has 1 aliphatic heterocycles. The van der Waals surface area contributed by atoms with Crippen LogP contribution in [-0.2, 0) is 11.2 Å². The average molecular weight is 266 g/mol. The molecule has 1 saturated heterocycles. The lowest BCUT2D eigenvalue weighted by Gasteiger charge is -2.34. The molecule has 0 amide bonds. The minimum absolute atomic E-state index is 0.0538. The number of rotatable bonds is 4. The lowest BCUT2D eigenvalue weighted by molar-refractivity contribution is 0.0382.